The minimum Gasteiger partial charge on any atom is -0.460 e. The fourth-order valence-electron chi connectivity index (χ4n) is 5.51. The van der Waals surface area contributed by atoms with E-state index in [1.165, 1.54) is 48.8 Å². The number of rotatable bonds is 11. The summed E-state index contributed by atoms with van der Waals surface area (Å²) in [6, 6.07) is 2.69. The molecule has 1 aromatic heterocycles. The molecule has 0 saturated carbocycles. The molecular weight excluding hydrogens is 619 g/mol. The molecule has 3 heterocycles. The molecule has 2 aromatic rings. The smallest absolute Gasteiger partial charge is 0.404 e. The van der Waals surface area contributed by atoms with E-state index in [0.717, 1.165) is 23.5 Å². The van der Waals surface area contributed by atoms with Crippen LogP contribution in [-0.2, 0) is 38.4 Å². The van der Waals surface area contributed by atoms with Gasteiger partial charge in [0.05, 0.1) is 18.1 Å². The summed E-state index contributed by atoms with van der Waals surface area (Å²) in [7, 11) is -4.84. The molecule has 2 saturated heterocycles. The van der Waals surface area contributed by atoms with Crippen molar-refractivity contribution in [1.82, 2.24) is 15.1 Å². The number of halogens is 2. The maximum Gasteiger partial charge on any atom is 0.404 e. The highest BCUT2D eigenvalue weighted by Crippen LogP contribution is 2.67. The van der Waals surface area contributed by atoms with Gasteiger partial charge >= 0.3 is 19.2 Å². The number of thiophene rings is 1. The molecule has 3 amide bonds. The summed E-state index contributed by atoms with van der Waals surface area (Å²) in [5.41, 5.74) is -4.55. The van der Waals surface area contributed by atoms with Crippen molar-refractivity contribution in [2.45, 2.75) is 63.8 Å². The van der Waals surface area contributed by atoms with Crippen LogP contribution in [-0.4, -0.2) is 84.5 Å². The number of carbonyl (C=O) groups excluding carboxylic acids is 4. The number of ether oxygens (including phenoxy) is 1. The van der Waals surface area contributed by atoms with Crippen LogP contribution in [0.4, 0.5) is 8.78 Å². The van der Waals surface area contributed by atoms with Crippen LogP contribution >= 0.6 is 18.9 Å². The van der Waals surface area contributed by atoms with Gasteiger partial charge in [-0.2, -0.15) is 8.78 Å². The Morgan fingerprint density at radius 1 is 1.16 bits per heavy atom. The van der Waals surface area contributed by atoms with Gasteiger partial charge in [-0.1, -0.05) is 18.7 Å². The van der Waals surface area contributed by atoms with Crippen molar-refractivity contribution in [2.24, 2.45) is 0 Å². The van der Waals surface area contributed by atoms with Crippen LogP contribution in [0.1, 0.15) is 55.3 Å². The number of esters is 1. The first kappa shape index (κ1) is 33.7. The second kappa shape index (κ2) is 13.8. The summed E-state index contributed by atoms with van der Waals surface area (Å²) >= 11 is 1.02. The summed E-state index contributed by atoms with van der Waals surface area (Å²) in [6.07, 6.45) is 2.82. The first-order valence-electron chi connectivity index (χ1n) is 14.3. The van der Waals surface area contributed by atoms with Gasteiger partial charge in [-0.05, 0) is 56.7 Å². The van der Waals surface area contributed by atoms with Gasteiger partial charge in [-0.25, -0.2) is 4.79 Å². The zero-order valence-corrected chi connectivity index (χ0v) is 26.5. The number of hydrogen-bond acceptors (Lipinski definition) is 9. The van der Waals surface area contributed by atoms with Crippen molar-refractivity contribution >= 4 is 52.7 Å². The van der Waals surface area contributed by atoms with Crippen LogP contribution in [0.5, 0.6) is 0 Å². The van der Waals surface area contributed by atoms with E-state index in [1.807, 2.05) is 0 Å². The highest BCUT2D eigenvalue weighted by atomic mass is 32.1. The minimum atomic E-state index is -4.84. The van der Waals surface area contributed by atoms with Gasteiger partial charge in [-0.3, -0.25) is 18.9 Å². The predicted octanol–water partition coefficient (Wildman–Crippen LogP) is 4.66. The van der Waals surface area contributed by atoms with E-state index in [1.54, 1.807) is 0 Å². The highest BCUT2D eigenvalue weighted by Gasteiger charge is 2.55. The van der Waals surface area contributed by atoms with Crippen LogP contribution in [0.3, 0.4) is 0 Å². The van der Waals surface area contributed by atoms with E-state index in [2.05, 4.69) is 11.9 Å². The molecule has 2 fully saturated rings. The largest absolute Gasteiger partial charge is 0.460 e. The summed E-state index contributed by atoms with van der Waals surface area (Å²) < 4.78 is 59.1. The van der Waals surface area contributed by atoms with E-state index in [9.17, 15) is 23.7 Å². The Morgan fingerprint density at radius 3 is 2.50 bits per heavy atom. The summed E-state index contributed by atoms with van der Waals surface area (Å²) in [5.74, 6) is -2.00. The molecule has 4 rings (SSSR count). The molecule has 11 nitrogen and oxygen atoms in total. The van der Waals surface area contributed by atoms with Crippen molar-refractivity contribution in [3.05, 3.63) is 47.4 Å². The Bertz CT molecular complexity index is 1470. The zero-order chi connectivity index (χ0) is 32.2. The SMILES string of the molecule is C=CCOC(=O)[C@@H]1CC[C@@H]2CCN(C(C)=O)C[C@H](NC(=O)c3cc4cc(C(F)(F)P(=O)(OCC)OCC)ccc4s3)C(=O)N21. The van der Waals surface area contributed by atoms with Crippen molar-refractivity contribution < 1.29 is 46.3 Å². The van der Waals surface area contributed by atoms with Crippen LogP contribution in [0.25, 0.3) is 10.1 Å². The number of nitrogens with one attached hydrogen (secondary N) is 1. The minimum absolute atomic E-state index is 0.00526. The predicted molar refractivity (Wildman–Crippen MR) is 160 cm³/mol. The maximum atomic E-state index is 15.4. The third-order valence-electron chi connectivity index (χ3n) is 7.59. The first-order valence-corrected chi connectivity index (χ1v) is 16.7. The molecular formula is C29H36F2N3O8PS. The third-order valence-corrected chi connectivity index (χ3v) is 10.8. The first-order chi connectivity index (χ1) is 20.9. The quantitative estimate of drug-likeness (QED) is 0.210. The Labute approximate surface area is 258 Å². The van der Waals surface area contributed by atoms with Crippen molar-refractivity contribution in [2.75, 3.05) is 32.9 Å². The average molecular weight is 656 g/mol. The Kier molecular flexibility index (Phi) is 10.6. The van der Waals surface area contributed by atoms with Gasteiger partial charge in [0.2, 0.25) is 11.8 Å². The summed E-state index contributed by atoms with van der Waals surface area (Å²) in [5, 5.41) is 2.99. The number of alkyl halides is 2. The van der Waals surface area contributed by atoms with Gasteiger partial charge in [-0.15, -0.1) is 11.3 Å². The van der Waals surface area contributed by atoms with E-state index < -0.39 is 48.7 Å². The lowest BCUT2D eigenvalue weighted by Crippen LogP contribution is -2.60. The maximum absolute atomic E-state index is 15.4. The van der Waals surface area contributed by atoms with E-state index in [0.29, 0.717) is 30.5 Å². The molecule has 1 aromatic carbocycles. The van der Waals surface area contributed by atoms with Crippen molar-refractivity contribution in [3.8, 4) is 0 Å². The lowest BCUT2D eigenvalue weighted by Gasteiger charge is -2.38. The van der Waals surface area contributed by atoms with E-state index >= 15 is 8.78 Å². The molecule has 0 radical (unpaired) electrons. The molecule has 0 unspecified atom stereocenters. The van der Waals surface area contributed by atoms with Crippen LogP contribution in [0.2, 0.25) is 0 Å². The number of benzene rings is 1. The Morgan fingerprint density at radius 2 is 1.86 bits per heavy atom. The van der Waals surface area contributed by atoms with Crippen LogP contribution in [0.15, 0.2) is 36.9 Å². The topological polar surface area (TPSA) is 132 Å². The number of carbonyl (C=O) groups is 4. The molecule has 44 heavy (non-hydrogen) atoms. The van der Waals surface area contributed by atoms with Crippen LogP contribution in [0, 0.1) is 0 Å². The van der Waals surface area contributed by atoms with E-state index in [-0.39, 0.29) is 48.6 Å². The standard InChI is InChI=1S/C29H36F2N3O8PS/c1-5-14-40-28(38)23-10-9-21-12-13-33(18(4)35)17-22(27(37)34(21)23)32-26(36)25-16-19-15-20(8-11-24(19)44-25)29(30,31)43(39,41-6-2)42-7-3/h5,8,11,15-16,21-23H,1,6-7,9-10,12-14,17H2,2-4H3,(H,32,36)/t21-,22+,23+/m1/s1. The molecule has 2 aliphatic rings. The normalized spacial score (nSPS) is 21.0. The number of hydrogen-bond donors (Lipinski definition) is 1. The Balaban J connectivity index is 1.61. The van der Waals surface area contributed by atoms with Gasteiger partial charge in [0.1, 0.15) is 18.7 Å². The molecule has 0 aliphatic carbocycles. The lowest BCUT2D eigenvalue weighted by atomic mass is 10.1. The molecule has 3 atom stereocenters. The fraction of sp³-hybridized carbons (Fsp3) is 0.517. The number of fused-ring (bicyclic) bond motifs is 2. The molecule has 2 aliphatic heterocycles. The van der Waals surface area contributed by atoms with Gasteiger partial charge in [0.25, 0.3) is 5.91 Å². The van der Waals surface area contributed by atoms with Crippen molar-refractivity contribution in [1.29, 1.82) is 0 Å². The summed E-state index contributed by atoms with van der Waals surface area (Å²) in [4.78, 5) is 55.5. The number of amides is 3. The van der Waals surface area contributed by atoms with Crippen LogP contribution < -0.4 is 5.32 Å². The molecule has 1 N–H and O–H groups in total. The highest BCUT2D eigenvalue weighted by molar-refractivity contribution is 7.54. The second-order valence-electron chi connectivity index (χ2n) is 10.4. The molecule has 0 bridgehead atoms. The molecule has 0 spiro atoms. The van der Waals surface area contributed by atoms with E-state index in [4.69, 9.17) is 13.8 Å². The molecule has 15 heteroatoms. The number of nitrogens with zero attached hydrogens (tertiary/aromatic N) is 2. The lowest BCUT2D eigenvalue weighted by molar-refractivity contribution is -0.155. The molecule has 240 valence electrons. The van der Waals surface area contributed by atoms with Gasteiger partial charge in [0.15, 0.2) is 0 Å². The third kappa shape index (κ3) is 6.73. The Hall–Kier alpha value is -3.19. The van der Waals surface area contributed by atoms with Gasteiger partial charge in [0, 0.05) is 36.3 Å². The zero-order valence-electron chi connectivity index (χ0n) is 24.8. The van der Waals surface area contributed by atoms with Crippen molar-refractivity contribution in [3.63, 3.8) is 0 Å². The fourth-order valence-corrected chi connectivity index (χ4v) is 7.99. The average Bonchev–Trinajstić information content (AvgIpc) is 3.60. The van der Waals surface area contributed by atoms with Gasteiger partial charge < -0.3 is 28.9 Å². The second-order valence-corrected chi connectivity index (χ2v) is 13.6. The summed E-state index contributed by atoms with van der Waals surface area (Å²) in [6.45, 7) is 7.52. The monoisotopic (exact) mass is 655 g/mol.